The molecule has 3 rings (SSSR count). The molecule has 168 valence electrons. The third kappa shape index (κ3) is 9.14. The molecular formula is C23H32IN5O2. The van der Waals surface area contributed by atoms with Crippen molar-refractivity contribution >= 4 is 29.9 Å². The van der Waals surface area contributed by atoms with E-state index in [1.165, 1.54) is 11.1 Å². The standard InChI is InChI=1S/C23H31N5O2.HI/c1-2-29-16-7-12-24-23(25-14-11-22-10-5-17-30-22)26-18-20-8-3-4-9-21(20)19-28-15-6-13-27-28;/h3-6,8-10,13,15,17H,2,7,11-12,14,16,18-19H2,1H3,(H2,24,25,26);1H. The molecule has 3 aromatic rings. The molecule has 0 aliphatic rings. The zero-order valence-electron chi connectivity index (χ0n) is 18.0. The van der Waals surface area contributed by atoms with E-state index in [-0.39, 0.29) is 24.0 Å². The molecule has 0 unspecified atom stereocenters. The first-order valence-electron chi connectivity index (χ1n) is 10.5. The van der Waals surface area contributed by atoms with E-state index in [0.717, 1.165) is 57.4 Å². The number of benzene rings is 1. The topological polar surface area (TPSA) is 76.6 Å². The van der Waals surface area contributed by atoms with E-state index in [1.54, 1.807) is 12.5 Å². The Morgan fingerprint density at radius 2 is 1.94 bits per heavy atom. The maximum absolute atomic E-state index is 5.42. The summed E-state index contributed by atoms with van der Waals surface area (Å²) in [5.74, 6) is 1.76. The van der Waals surface area contributed by atoms with Gasteiger partial charge in [0.05, 0.1) is 19.4 Å². The van der Waals surface area contributed by atoms with Gasteiger partial charge in [0, 0.05) is 45.1 Å². The van der Waals surface area contributed by atoms with E-state index in [0.29, 0.717) is 6.54 Å². The van der Waals surface area contributed by atoms with Gasteiger partial charge in [-0.05, 0) is 42.7 Å². The molecule has 0 aliphatic carbocycles. The second-order valence-electron chi connectivity index (χ2n) is 6.87. The van der Waals surface area contributed by atoms with Crippen LogP contribution >= 0.6 is 24.0 Å². The summed E-state index contributed by atoms with van der Waals surface area (Å²) in [7, 11) is 0. The van der Waals surface area contributed by atoms with Gasteiger partial charge >= 0.3 is 0 Å². The maximum atomic E-state index is 5.42. The molecule has 31 heavy (non-hydrogen) atoms. The van der Waals surface area contributed by atoms with E-state index >= 15 is 0 Å². The minimum atomic E-state index is 0. The lowest BCUT2D eigenvalue weighted by Gasteiger charge is -2.13. The summed E-state index contributed by atoms with van der Waals surface area (Å²) in [4.78, 5) is 4.81. The minimum Gasteiger partial charge on any atom is -0.469 e. The number of ether oxygens (including phenoxy) is 1. The van der Waals surface area contributed by atoms with Gasteiger partial charge in [0.2, 0.25) is 0 Å². The van der Waals surface area contributed by atoms with Crippen LogP contribution in [0.1, 0.15) is 30.2 Å². The van der Waals surface area contributed by atoms with E-state index < -0.39 is 0 Å². The van der Waals surface area contributed by atoms with Gasteiger partial charge in [0.1, 0.15) is 5.76 Å². The summed E-state index contributed by atoms with van der Waals surface area (Å²) in [5, 5.41) is 11.1. The summed E-state index contributed by atoms with van der Waals surface area (Å²) < 4.78 is 12.8. The lowest BCUT2D eigenvalue weighted by atomic mass is 10.1. The summed E-state index contributed by atoms with van der Waals surface area (Å²) in [6, 6.07) is 14.2. The van der Waals surface area contributed by atoms with Crippen LogP contribution in [0.5, 0.6) is 0 Å². The summed E-state index contributed by atoms with van der Waals surface area (Å²) in [6.07, 6.45) is 7.22. The number of aliphatic imine (C=N–C) groups is 1. The van der Waals surface area contributed by atoms with Gasteiger partial charge in [0.15, 0.2) is 5.96 Å². The Morgan fingerprint density at radius 3 is 2.68 bits per heavy atom. The summed E-state index contributed by atoms with van der Waals surface area (Å²) in [5.41, 5.74) is 2.41. The van der Waals surface area contributed by atoms with E-state index in [2.05, 4.69) is 40.0 Å². The molecule has 2 aromatic heterocycles. The van der Waals surface area contributed by atoms with Crippen molar-refractivity contribution in [2.45, 2.75) is 32.9 Å². The Bertz CT molecular complexity index is 866. The first-order chi connectivity index (χ1) is 14.8. The van der Waals surface area contributed by atoms with Crippen molar-refractivity contribution in [3.05, 3.63) is 78.0 Å². The highest BCUT2D eigenvalue weighted by Gasteiger charge is 2.05. The van der Waals surface area contributed by atoms with Crippen LogP contribution in [0.3, 0.4) is 0 Å². The molecule has 8 heteroatoms. The van der Waals surface area contributed by atoms with Crippen LogP contribution in [0, 0.1) is 0 Å². The number of rotatable bonds is 12. The van der Waals surface area contributed by atoms with Crippen LogP contribution in [0.15, 0.2) is 70.5 Å². The number of hydrogen-bond donors (Lipinski definition) is 2. The molecule has 0 saturated carbocycles. The number of furan rings is 1. The summed E-state index contributed by atoms with van der Waals surface area (Å²) in [6.45, 7) is 6.39. The monoisotopic (exact) mass is 537 g/mol. The molecule has 0 fully saturated rings. The highest BCUT2D eigenvalue weighted by atomic mass is 127. The van der Waals surface area contributed by atoms with Gasteiger partial charge in [-0.25, -0.2) is 4.99 Å². The Labute approximate surface area is 201 Å². The number of guanidine groups is 1. The molecule has 2 heterocycles. The highest BCUT2D eigenvalue weighted by Crippen LogP contribution is 2.11. The molecule has 2 N–H and O–H groups in total. The molecule has 0 bridgehead atoms. The number of aromatic nitrogens is 2. The Balaban J connectivity index is 0.00000341. The van der Waals surface area contributed by atoms with Crippen LogP contribution < -0.4 is 10.6 Å². The first-order valence-corrected chi connectivity index (χ1v) is 10.5. The van der Waals surface area contributed by atoms with Crippen molar-refractivity contribution in [3.8, 4) is 0 Å². The predicted molar refractivity (Wildman–Crippen MR) is 134 cm³/mol. The molecule has 0 spiro atoms. The summed E-state index contributed by atoms with van der Waals surface area (Å²) >= 11 is 0. The smallest absolute Gasteiger partial charge is 0.191 e. The minimum absolute atomic E-state index is 0. The third-order valence-electron chi connectivity index (χ3n) is 4.62. The van der Waals surface area contributed by atoms with E-state index in [9.17, 15) is 0 Å². The zero-order chi connectivity index (χ0) is 20.9. The van der Waals surface area contributed by atoms with Crippen molar-refractivity contribution in [2.75, 3.05) is 26.3 Å². The second kappa shape index (κ2) is 14.6. The number of halogens is 1. The second-order valence-corrected chi connectivity index (χ2v) is 6.87. The largest absolute Gasteiger partial charge is 0.469 e. The fraction of sp³-hybridized carbons (Fsp3) is 0.391. The fourth-order valence-corrected chi connectivity index (χ4v) is 3.06. The number of hydrogen-bond acceptors (Lipinski definition) is 4. The van der Waals surface area contributed by atoms with Crippen LogP contribution in [-0.2, 0) is 24.2 Å². The SMILES string of the molecule is CCOCCCNC(=NCc1ccccc1Cn1cccn1)NCCc1ccco1.I. The van der Waals surface area contributed by atoms with Gasteiger partial charge in [-0.3, -0.25) is 4.68 Å². The molecule has 1 aromatic carbocycles. The molecule has 0 amide bonds. The lowest BCUT2D eigenvalue weighted by Crippen LogP contribution is -2.39. The van der Waals surface area contributed by atoms with E-state index in [4.69, 9.17) is 14.1 Å². The van der Waals surface area contributed by atoms with Gasteiger partial charge in [-0.1, -0.05) is 24.3 Å². The van der Waals surface area contributed by atoms with Gasteiger partial charge in [-0.15, -0.1) is 24.0 Å². The Kier molecular flexibility index (Phi) is 11.8. The van der Waals surface area contributed by atoms with Gasteiger partial charge in [-0.2, -0.15) is 5.10 Å². The van der Waals surface area contributed by atoms with Crippen LogP contribution in [-0.4, -0.2) is 42.0 Å². The van der Waals surface area contributed by atoms with Crippen molar-refractivity contribution in [3.63, 3.8) is 0 Å². The van der Waals surface area contributed by atoms with Crippen molar-refractivity contribution in [1.82, 2.24) is 20.4 Å². The van der Waals surface area contributed by atoms with Gasteiger partial charge < -0.3 is 19.8 Å². The molecule has 7 nitrogen and oxygen atoms in total. The maximum Gasteiger partial charge on any atom is 0.191 e. The van der Waals surface area contributed by atoms with Crippen LogP contribution in [0.4, 0.5) is 0 Å². The Morgan fingerprint density at radius 1 is 1.10 bits per heavy atom. The zero-order valence-corrected chi connectivity index (χ0v) is 20.3. The van der Waals surface area contributed by atoms with Crippen molar-refractivity contribution in [2.24, 2.45) is 4.99 Å². The quantitative estimate of drug-likeness (QED) is 0.159. The molecule has 0 atom stereocenters. The first kappa shape index (κ1) is 24.9. The van der Waals surface area contributed by atoms with Crippen LogP contribution in [0.2, 0.25) is 0 Å². The normalized spacial score (nSPS) is 11.2. The average molecular weight is 537 g/mol. The van der Waals surface area contributed by atoms with Gasteiger partial charge in [0.25, 0.3) is 0 Å². The molecule has 0 saturated heterocycles. The average Bonchev–Trinajstić information content (AvgIpc) is 3.46. The van der Waals surface area contributed by atoms with E-state index in [1.807, 2.05) is 36.0 Å². The third-order valence-corrected chi connectivity index (χ3v) is 4.62. The molecule has 0 aliphatic heterocycles. The molecule has 0 radical (unpaired) electrons. The van der Waals surface area contributed by atoms with Crippen molar-refractivity contribution in [1.29, 1.82) is 0 Å². The highest BCUT2D eigenvalue weighted by molar-refractivity contribution is 14.0. The van der Waals surface area contributed by atoms with Crippen LogP contribution in [0.25, 0.3) is 0 Å². The predicted octanol–water partition coefficient (Wildman–Crippen LogP) is 3.85. The lowest BCUT2D eigenvalue weighted by molar-refractivity contribution is 0.145. The molecular weight excluding hydrogens is 505 g/mol. The fourth-order valence-electron chi connectivity index (χ4n) is 3.06. The Hall–Kier alpha value is -2.33. The van der Waals surface area contributed by atoms with Crippen molar-refractivity contribution < 1.29 is 9.15 Å². The number of nitrogens with zero attached hydrogens (tertiary/aromatic N) is 3. The number of nitrogens with one attached hydrogen (secondary N) is 2.